The van der Waals surface area contributed by atoms with E-state index in [1.54, 1.807) is 34.6 Å². The number of aliphatic imine (C=N–C) groups is 1. The summed E-state index contributed by atoms with van der Waals surface area (Å²) >= 11 is 0. The van der Waals surface area contributed by atoms with E-state index in [0.717, 1.165) is 11.3 Å². The monoisotopic (exact) mass is 347 g/mol. The Morgan fingerprint density at radius 1 is 1.08 bits per heavy atom. The quantitative estimate of drug-likeness (QED) is 0.581. The molecule has 1 heterocycles. The van der Waals surface area contributed by atoms with E-state index in [2.05, 4.69) is 20.7 Å². The molecule has 0 bridgehead atoms. The second-order valence-electron chi connectivity index (χ2n) is 5.24. The highest BCUT2D eigenvalue weighted by Gasteiger charge is 2.14. The topological polar surface area (TPSA) is 81.9 Å². The van der Waals surface area contributed by atoms with Crippen LogP contribution in [0.25, 0.3) is 0 Å². The number of ether oxygens (including phenoxy) is 3. The number of benzene rings is 1. The molecule has 1 aromatic heterocycles. The fourth-order valence-electron chi connectivity index (χ4n) is 2.39. The minimum atomic E-state index is 0.488. The van der Waals surface area contributed by atoms with Crippen molar-refractivity contribution in [2.75, 3.05) is 28.4 Å². The minimum absolute atomic E-state index is 0.488. The zero-order valence-corrected chi connectivity index (χ0v) is 15.3. The molecule has 0 aliphatic rings. The van der Waals surface area contributed by atoms with Crippen molar-refractivity contribution >= 4 is 5.96 Å². The molecule has 0 radical (unpaired) electrons. The normalized spacial score (nSPS) is 11.2. The number of guanidine groups is 1. The Balaban J connectivity index is 2.06. The van der Waals surface area contributed by atoms with E-state index in [-0.39, 0.29) is 0 Å². The van der Waals surface area contributed by atoms with Crippen LogP contribution in [-0.4, -0.2) is 44.1 Å². The largest absolute Gasteiger partial charge is 0.496 e. The molecule has 2 rings (SSSR count). The number of nitrogens with one attached hydrogen (secondary N) is 2. The van der Waals surface area contributed by atoms with Crippen LogP contribution in [0.3, 0.4) is 0 Å². The van der Waals surface area contributed by atoms with Crippen LogP contribution in [0.15, 0.2) is 29.4 Å². The molecule has 0 amide bonds. The van der Waals surface area contributed by atoms with Gasteiger partial charge in [0.2, 0.25) is 0 Å². The van der Waals surface area contributed by atoms with Crippen LogP contribution in [-0.2, 0) is 20.1 Å². The Morgan fingerprint density at radius 3 is 2.20 bits per heavy atom. The molecule has 2 aromatic rings. The second-order valence-corrected chi connectivity index (χ2v) is 5.24. The number of aryl methyl sites for hydroxylation is 1. The fraction of sp³-hybridized carbons (Fsp3) is 0.412. The number of rotatable bonds is 7. The van der Waals surface area contributed by atoms with E-state index in [1.165, 1.54) is 0 Å². The highest BCUT2D eigenvalue weighted by Crippen LogP contribution is 2.33. The van der Waals surface area contributed by atoms with Gasteiger partial charge in [-0.1, -0.05) is 0 Å². The Labute approximate surface area is 147 Å². The molecule has 0 spiro atoms. The third kappa shape index (κ3) is 4.56. The third-order valence-corrected chi connectivity index (χ3v) is 3.83. The summed E-state index contributed by atoms with van der Waals surface area (Å²) in [6, 6.07) is 5.60. The average molecular weight is 347 g/mol. The molecule has 0 fully saturated rings. The van der Waals surface area contributed by atoms with E-state index in [1.807, 2.05) is 29.9 Å². The Bertz CT molecular complexity index is 702. The molecule has 0 aliphatic heterocycles. The van der Waals surface area contributed by atoms with Gasteiger partial charge in [-0.05, 0) is 6.07 Å². The first-order valence-corrected chi connectivity index (χ1v) is 7.83. The van der Waals surface area contributed by atoms with Gasteiger partial charge in [-0.25, -0.2) is 0 Å². The van der Waals surface area contributed by atoms with Gasteiger partial charge in [-0.2, -0.15) is 5.10 Å². The van der Waals surface area contributed by atoms with Crippen molar-refractivity contribution < 1.29 is 14.2 Å². The molecular formula is C17H25N5O3. The third-order valence-electron chi connectivity index (χ3n) is 3.83. The van der Waals surface area contributed by atoms with Crippen molar-refractivity contribution in [3.05, 3.63) is 35.7 Å². The molecule has 0 saturated heterocycles. The Kier molecular flexibility index (Phi) is 6.50. The summed E-state index contributed by atoms with van der Waals surface area (Å²) < 4.78 is 18.0. The standard InChI is InChI=1S/C17H25N5O3/c1-18-17(19-10-12-6-7-21-22(12)2)20-11-14-15(24-4)8-13(23-3)9-16(14)25-5/h6-9H,10-11H2,1-5H3,(H2,18,19,20). The maximum atomic E-state index is 5.46. The Morgan fingerprint density at radius 2 is 1.72 bits per heavy atom. The summed E-state index contributed by atoms with van der Waals surface area (Å²) in [5.74, 6) is 2.72. The van der Waals surface area contributed by atoms with Gasteiger partial charge in [0.25, 0.3) is 0 Å². The summed E-state index contributed by atoms with van der Waals surface area (Å²) in [6.07, 6.45) is 1.76. The molecular weight excluding hydrogens is 322 g/mol. The zero-order valence-electron chi connectivity index (χ0n) is 15.3. The van der Waals surface area contributed by atoms with Crippen LogP contribution >= 0.6 is 0 Å². The van der Waals surface area contributed by atoms with E-state index >= 15 is 0 Å². The predicted molar refractivity (Wildman–Crippen MR) is 96.3 cm³/mol. The SMILES string of the molecule is CN=C(NCc1c(OC)cc(OC)cc1OC)NCc1ccnn1C. The first-order valence-electron chi connectivity index (χ1n) is 7.83. The van der Waals surface area contributed by atoms with E-state index in [4.69, 9.17) is 14.2 Å². The van der Waals surface area contributed by atoms with Gasteiger partial charge in [0.15, 0.2) is 5.96 Å². The van der Waals surface area contributed by atoms with Crippen LogP contribution in [0.2, 0.25) is 0 Å². The minimum Gasteiger partial charge on any atom is -0.496 e. The molecule has 0 atom stereocenters. The maximum Gasteiger partial charge on any atom is 0.191 e. The van der Waals surface area contributed by atoms with Crippen LogP contribution in [0.5, 0.6) is 17.2 Å². The van der Waals surface area contributed by atoms with Gasteiger partial charge < -0.3 is 24.8 Å². The molecule has 0 saturated carbocycles. The summed E-state index contributed by atoms with van der Waals surface area (Å²) in [7, 11) is 8.47. The summed E-state index contributed by atoms with van der Waals surface area (Å²) in [5.41, 5.74) is 1.94. The summed E-state index contributed by atoms with van der Waals surface area (Å²) in [6.45, 7) is 1.11. The molecule has 0 aliphatic carbocycles. The lowest BCUT2D eigenvalue weighted by molar-refractivity contribution is 0.368. The van der Waals surface area contributed by atoms with E-state index in [0.29, 0.717) is 36.3 Å². The molecule has 2 N–H and O–H groups in total. The van der Waals surface area contributed by atoms with Crippen molar-refractivity contribution in [3.63, 3.8) is 0 Å². The molecule has 1 aromatic carbocycles. The van der Waals surface area contributed by atoms with Gasteiger partial charge in [-0.3, -0.25) is 9.67 Å². The fourth-order valence-corrected chi connectivity index (χ4v) is 2.39. The number of hydrogen-bond acceptors (Lipinski definition) is 5. The average Bonchev–Trinajstić information content (AvgIpc) is 3.06. The van der Waals surface area contributed by atoms with E-state index < -0.39 is 0 Å². The maximum absolute atomic E-state index is 5.46. The van der Waals surface area contributed by atoms with Crippen LogP contribution in [0.1, 0.15) is 11.3 Å². The number of hydrogen-bond donors (Lipinski definition) is 2. The number of aromatic nitrogens is 2. The second kappa shape index (κ2) is 8.81. The van der Waals surface area contributed by atoms with Crippen LogP contribution in [0, 0.1) is 0 Å². The lowest BCUT2D eigenvalue weighted by atomic mass is 10.1. The molecule has 8 heteroatoms. The zero-order chi connectivity index (χ0) is 18.2. The lowest BCUT2D eigenvalue weighted by Crippen LogP contribution is -2.36. The molecule has 136 valence electrons. The Hall–Kier alpha value is -2.90. The summed E-state index contributed by atoms with van der Waals surface area (Å²) in [5, 5.41) is 10.7. The van der Waals surface area contributed by atoms with Crippen molar-refractivity contribution in [2.24, 2.45) is 12.0 Å². The van der Waals surface area contributed by atoms with Crippen LogP contribution < -0.4 is 24.8 Å². The predicted octanol–water partition coefficient (Wildman–Crippen LogP) is 1.31. The van der Waals surface area contributed by atoms with Crippen molar-refractivity contribution in [2.45, 2.75) is 13.1 Å². The van der Waals surface area contributed by atoms with Crippen molar-refractivity contribution in [3.8, 4) is 17.2 Å². The lowest BCUT2D eigenvalue weighted by Gasteiger charge is -2.17. The molecule has 8 nitrogen and oxygen atoms in total. The summed E-state index contributed by atoms with van der Waals surface area (Å²) in [4.78, 5) is 4.24. The van der Waals surface area contributed by atoms with Gasteiger partial charge in [0.1, 0.15) is 17.2 Å². The van der Waals surface area contributed by atoms with Gasteiger partial charge in [-0.15, -0.1) is 0 Å². The molecule has 0 unspecified atom stereocenters. The van der Waals surface area contributed by atoms with Crippen molar-refractivity contribution in [1.82, 2.24) is 20.4 Å². The first-order chi connectivity index (χ1) is 12.1. The highest BCUT2D eigenvalue weighted by atomic mass is 16.5. The smallest absolute Gasteiger partial charge is 0.191 e. The number of nitrogens with zero attached hydrogens (tertiary/aromatic N) is 3. The van der Waals surface area contributed by atoms with Crippen LogP contribution in [0.4, 0.5) is 0 Å². The highest BCUT2D eigenvalue weighted by molar-refractivity contribution is 5.79. The van der Waals surface area contributed by atoms with Crippen molar-refractivity contribution in [1.29, 1.82) is 0 Å². The number of methoxy groups -OCH3 is 3. The van der Waals surface area contributed by atoms with Gasteiger partial charge in [0.05, 0.1) is 45.7 Å². The molecule has 25 heavy (non-hydrogen) atoms. The van der Waals surface area contributed by atoms with E-state index in [9.17, 15) is 0 Å². The first kappa shape index (κ1) is 18.4. The van der Waals surface area contributed by atoms with Gasteiger partial charge in [0, 0.05) is 32.4 Å². The van der Waals surface area contributed by atoms with Gasteiger partial charge >= 0.3 is 0 Å².